The predicted octanol–water partition coefficient (Wildman–Crippen LogP) is 3.54. The first kappa shape index (κ1) is 20.1. The molecule has 0 aromatic heterocycles. The molecule has 28 heavy (non-hydrogen) atoms. The zero-order chi connectivity index (χ0) is 19.9. The third-order valence-electron chi connectivity index (χ3n) is 7.63. The number of hydrogen-bond acceptors (Lipinski definition) is 4. The summed E-state index contributed by atoms with van der Waals surface area (Å²) in [5, 5.41) is 10.6. The van der Waals surface area contributed by atoms with E-state index in [2.05, 4.69) is 30.6 Å². The van der Waals surface area contributed by atoms with Crippen LogP contribution in [0.4, 0.5) is 10.1 Å². The van der Waals surface area contributed by atoms with Crippen molar-refractivity contribution in [2.24, 2.45) is 16.7 Å². The summed E-state index contributed by atoms with van der Waals surface area (Å²) in [6.45, 7) is 11.3. The standard InChI is InChI=1S/C23H35FN2O2/c1-22(2)17-8-9-23(3,14-17)21(22)28-16-18(27)15-25-10-12-26(13-11-25)20-7-5-4-6-19(20)24/h4-7,17-18,21,27H,8-16H2,1-3H3/t17?,18?,21?,23-/m1/s1. The number of halogens is 1. The SMILES string of the molecule is CC1(C)C2CC[C@](C)(C2)C1OCC(O)CN1CCN(c2ccccc2F)CC1. The van der Waals surface area contributed by atoms with E-state index in [9.17, 15) is 9.50 Å². The molecule has 1 aliphatic heterocycles. The zero-order valence-electron chi connectivity index (χ0n) is 17.5. The van der Waals surface area contributed by atoms with Crippen molar-refractivity contribution in [3.8, 4) is 0 Å². The minimum atomic E-state index is -0.474. The van der Waals surface area contributed by atoms with Crippen molar-refractivity contribution in [2.75, 3.05) is 44.2 Å². The molecule has 1 N–H and O–H groups in total. The number of aliphatic hydroxyl groups is 1. The van der Waals surface area contributed by atoms with E-state index in [0.29, 0.717) is 18.8 Å². The maximum absolute atomic E-state index is 14.0. The van der Waals surface area contributed by atoms with Gasteiger partial charge in [0.2, 0.25) is 0 Å². The van der Waals surface area contributed by atoms with Gasteiger partial charge in [-0.3, -0.25) is 4.90 Å². The molecule has 3 aliphatic rings. The fraction of sp³-hybridized carbons (Fsp3) is 0.739. The van der Waals surface area contributed by atoms with Crippen LogP contribution in [0.15, 0.2) is 24.3 Å². The number of piperazine rings is 1. The monoisotopic (exact) mass is 390 g/mol. The van der Waals surface area contributed by atoms with Crippen molar-refractivity contribution in [3.05, 3.63) is 30.1 Å². The third kappa shape index (κ3) is 3.69. The molecule has 1 aromatic rings. The van der Waals surface area contributed by atoms with Crippen LogP contribution in [0, 0.1) is 22.6 Å². The number of ether oxygens (including phenoxy) is 1. The van der Waals surface area contributed by atoms with Gasteiger partial charge in [-0.15, -0.1) is 0 Å². The summed E-state index contributed by atoms with van der Waals surface area (Å²) in [6, 6.07) is 6.96. The molecule has 1 aromatic carbocycles. The average Bonchev–Trinajstić information content (AvgIpc) is 3.14. The highest BCUT2D eigenvalue weighted by Gasteiger charge is 2.60. The molecular formula is C23H35FN2O2. The Hall–Kier alpha value is -1.17. The second kappa shape index (κ2) is 7.58. The predicted molar refractivity (Wildman–Crippen MR) is 110 cm³/mol. The molecule has 1 saturated heterocycles. The number of β-amino-alcohol motifs (C(OH)–C–C–N with tert-alkyl or cyclic N) is 1. The van der Waals surface area contributed by atoms with Gasteiger partial charge in [-0.1, -0.05) is 32.9 Å². The Morgan fingerprint density at radius 2 is 1.89 bits per heavy atom. The summed E-state index contributed by atoms with van der Waals surface area (Å²) in [4.78, 5) is 4.35. The van der Waals surface area contributed by atoms with Gasteiger partial charge < -0.3 is 14.7 Å². The van der Waals surface area contributed by atoms with E-state index in [1.807, 2.05) is 12.1 Å². The lowest BCUT2D eigenvalue weighted by Crippen LogP contribution is -2.50. The van der Waals surface area contributed by atoms with Gasteiger partial charge in [0.25, 0.3) is 0 Å². The van der Waals surface area contributed by atoms with Crippen molar-refractivity contribution in [1.82, 2.24) is 4.90 Å². The average molecular weight is 391 g/mol. The Kier molecular flexibility index (Phi) is 5.45. The van der Waals surface area contributed by atoms with E-state index in [4.69, 9.17) is 4.74 Å². The second-order valence-corrected chi connectivity index (χ2v) is 10.0. The molecule has 0 amide bonds. The minimum Gasteiger partial charge on any atom is -0.389 e. The van der Waals surface area contributed by atoms with Gasteiger partial charge in [0.1, 0.15) is 5.82 Å². The fourth-order valence-corrected chi connectivity index (χ4v) is 6.11. The number of hydrogen-bond donors (Lipinski definition) is 1. The van der Waals surface area contributed by atoms with E-state index in [0.717, 1.165) is 32.1 Å². The smallest absolute Gasteiger partial charge is 0.146 e. The first-order valence-electron chi connectivity index (χ1n) is 10.8. The molecule has 0 spiro atoms. The highest BCUT2D eigenvalue weighted by atomic mass is 19.1. The first-order valence-corrected chi connectivity index (χ1v) is 10.8. The normalized spacial score (nSPS) is 33.4. The van der Waals surface area contributed by atoms with E-state index >= 15 is 0 Å². The van der Waals surface area contributed by atoms with Crippen LogP contribution in [0.3, 0.4) is 0 Å². The summed E-state index contributed by atoms with van der Waals surface area (Å²) in [7, 11) is 0. The van der Waals surface area contributed by atoms with Gasteiger partial charge in [0.15, 0.2) is 0 Å². The molecule has 2 saturated carbocycles. The van der Waals surface area contributed by atoms with Crippen LogP contribution in [-0.4, -0.2) is 61.5 Å². The van der Waals surface area contributed by atoms with Gasteiger partial charge in [-0.05, 0) is 48.1 Å². The van der Waals surface area contributed by atoms with Gasteiger partial charge in [-0.2, -0.15) is 0 Å². The molecule has 4 rings (SSSR count). The molecule has 2 aliphatic carbocycles. The highest BCUT2D eigenvalue weighted by Crippen LogP contribution is 2.63. The van der Waals surface area contributed by atoms with Crippen molar-refractivity contribution >= 4 is 5.69 Å². The maximum Gasteiger partial charge on any atom is 0.146 e. The van der Waals surface area contributed by atoms with E-state index < -0.39 is 6.10 Å². The molecule has 1 heterocycles. The van der Waals surface area contributed by atoms with Gasteiger partial charge in [0.05, 0.1) is 24.5 Å². The van der Waals surface area contributed by atoms with Crippen LogP contribution in [0.5, 0.6) is 0 Å². The molecule has 3 unspecified atom stereocenters. The topological polar surface area (TPSA) is 35.9 Å². The second-order valence-electron chi connectivity index (χ2n) is 10.0. The zero-order valence-corrected chi connectivity index (χ0v) is 17.5. The van der Waals surface area contributed by atoms with Crippen LogP contribution in [0.25, 0.3) is 0 Å². The van der Waals surface area contributed by atoms with Gasteiger partial charge in [0, 0.05) is 32.7 Å². The molecule has 156 valence electrons. The molecule has 5 heteroatoms. The number of anilines is 1. The van der Waals surface area contributed by atoms with Crippen molar-refractivity contribution in [2.45, 2.75) is 52.2 Å². The summed E-state index contributed by atoms with van der Waals surface area (Å²) in [5.74, 6) is 0.595. The first-order chi connectivity index (χ1) is 13.3. The lowest BCUT2D eigenvalue weighted by Gasteiger charge is -2.43. The quantitative estimate of drug-likeness (QED) is 0.806. The Labute approximate surface area is 168 Å². The Bertz CT molecular complexity index is 684. The third-order valence-corrected chi connectivity index (χ3v) is 7.63. The summed E-state index contributed by atoms with van der Waals surface area (Å²) < 4.78 is 20.3. The number of benzene rings is 1. The largest absolute Gasteiger partial charge is 0.389 e. The molecule has 3 fully saturated rings. The molecule has 0 radical (unpaired) electrons. The van der Waals surface area contributed by atoms with Crippen LogP contribution in [-0.2, 0) is 4.74 Å². The molecular weight excluding hydrogens is 355 g/mol. The minimum absolute atomic E-state index is 0.161. The number of para-hydroxylation sites is 1. The van der Waals surface area contributed by atoms with Crippen LogP contribution in [0.1, 0.15) is 40.0 Å². The van der Waals surface area contributed by atoms with Crippen molar-refractivity contribution in [3.63, 3.8) is 0 Å². The van der Waals surface area contributed by atoms with Crippen molar-refractivity contribution in [1.29, 1.82) is 0 Å². The van der Waals surface area contributed by atoms with Crippen LogP contribution in [0.2, 0.25) is 0 Å². The molecule has 4 nitrogen and oxygen atoms in total. The van der Waals surface area contributed by atoms with E-state index in [1.165, 1.54) is 25.3 Å². The molecule has 4 atom stereocenters. The Morgan fingerprint density at radius 3 is 2.54 bits per heavy atom. The van der Waals surface area contributed by atoms with Crippen molar-refractivity contribution < 1.29 is 14.2 Å². The van der Waals surface area contributed by atoms with Gasteiger partial charge >= 0.3 is 0 Å². The van der Waals surface area contributed by atoms with Gasteiger partial charge in [-0.25, -0.2) is 4.39 Å². The number of nitrogens with zero attached hydrogens (tertiary/aromatic N) is 2. The van der Waals surface area contributed by atoms with E-state index in [1.54, 1.807) is 6.07 Å². The molecule has 2 bridgehead atoms. The number of aliphatic hydroxyl groups excluding tert-OH is 1. The number of rotatable bonds is 6. The van der Waals surface area contributed by atoms with E-state index in [-0.39, 0.29) is 22.8 Å². The summed E-state index contributed by atoms with van der Waals surface area (Å²) in [6.07, 6.45) is 3.60. The number of fused-ring (bicyclic) bond motifs is 2. The lowest BCUT2D eigenvalue weighted by atomic mass is 9.70. The summed E-state index contributed by atoms with van der Waals surface area (Å²) in [5.41, 5.74) is 1.16. The lowest BCUT2D eigenvalue weighted by molar-refractivity contribution is -0.113. The van der Waals surface area contributed by atoms with Crippen LogP contribution >= 0.6 is 0 Å². The fourth-order valence-electron chi connectivity index (χ4n) is 6.11. The maximum atomic E-state index is 14.0. The summed E-state index contributed by atoms with van der Waals surface area (Å²) >= 11 is 0. The Balaban J connectivity index is 1.24. The van der Waals surface area contributed by atoms with Crippen LogP contribution < -0.4 is 4.90 Å². The highest BCUT2D eigenvalue weighted by molar-refractivity contribution is 5.47. The Morgan fingerprint density at radius 1 is 1.18 bits per heavy atom.